The highest BCUT2D eigenvalue weighted by Gasteiger charge is 2.25. The number of carbonyl (C=O) groups is 2. The lowest BCUT2D eigenvalue weighted by molar-refractivity contribution is -0.121. The van der Waals surface area contributed by atoms with Crippen molar-refractivity contribution in [3.63, 3.8) is 0 Å². The number of ketones is 1. The van der Waals surface area contributed by atoms with Crippen LogP contribution >= 0.6 is 11.6 Å². The van der Waals surface area contributed by atoms with Crippen LogP contribution < -0.4 is 10.6 Å². The minimum atomic E-state index is -0.321. The molecule has 0 aliphatic heterocycles. The summed E-state index contributed by atoms with van der Waals surface area (Å²) in [5.74, 6) is 0.174. The molecule has 0 unspecified atom stereocenters. The number of carbonyl (C=O) groups excluding carboxylic acids is 2. The third-order valence-corrected chi connectivity index (χ3v) is 6.32. The van der Waals surface area contributed by atoms with E-state index in [9.17, 15) is 14.9 Å². The molecule has 0 bridgehead atoms. The number of nitrogens with one attached hydrogen (secondary N) is 2. The van der Waals surface area contributed by atoms with E-state index in [2.05, 4.69) is 28.7 Å². The molecule has 0 radical (unpaired) electrons. The van der Waals surface area contributed by atoms with Crippen LogP contribution in [0.4, 0.5) is 5.82 Å². The molecule has 1 aromatic heterocycles. The van der Waals surface area contributed by atoms with Gasteiger partial charge in [-0.1, -0.05) is 74.0 Å². The second-order valence-electron chi connectivity index (χ2n) is 9.06. The fraction of sp³-hybridized carbons (Fsp3) is 0.379. The molecule has 0 aliphatic rings. The number of aryl methyl sites for hydroxylation is 1. The van der Waals surface area contributed by atoms with E-state index in [4.69, 9.17) is 11.6 Å². The van der Waals surface area contributed by atoms with Gasteiger partial charge < -0.3 is 10.6 Å². The maximum atomic E-state index is 13.3. The van der Waals surface area contributed by atoms with Gasteiger partial charge in [0.2, 0.25) is 11.7 Å². The van der Waals surface area contributed by atoms with Gasteiger partial charge in [0, 0.05) is 30.1 Å². The molecular weight excluding hydrogens is 486 g/mol. The number of nitriles is 1. The zero-order valence-electron chi connectivity index (χ0n) is 21.5. The minimum Gasteiger partial charge on any atom is -0.369 e. The summed E-state index contributed by atoms with van der Waals surface area (Å²) in [5, 5.41) is 21.3. The molecule has 0 saturated carbocycles. The standard InChI is InChI=1S/C29H34ClN5O2/c1-3-4-5-6-7-9-26(36)32-18-8-19-33-29-25(20-31)27(28(37)22-12-10-21(2)11-13-22)34-35(29)24-16-14-23(30)15-17-24/h10-17,33H,3-9,18-19H2,1-2H3,(H,32,36). The van der Waals surface area contributed by atoms with Crippen molar-refractivity contribution in [2.75, 3.05) is 18.4 Å². The fourth-order valence-corrected chi connectivity index (χ4v) is 4.08. The lowest BCUT2D eigenvalue weighted by atomic mass is 10.0. The van der Waals surface area contributed by atoms with Crippen molar-refractivity contribution in [2.24, 2.45) is 0 Å². The van der Waals surface area contributed by atoms with Gasteiger partial charge in [-0.3, -0.25) is 9.59 Å². The van der Waals surface area contributed by atoms with Gasteiger partial charge >= 0.3 is 0 Å². The molecule has 0 spiro atoms. The number of hydrogen-bond acceptors (Lipinski definition) is 5. The second-order valence-corrected chi connectivity index (χ2v) is 9.50. The Labute approximate surface area is 223 Å². The van der Waals surface area contributed by atoms with Crippen molar-refractivity contribution in [1.82, 2.24) is 15.1 Å². The van der Waals surface area contributed by atoms with Gasteiger partial charge in [-0.15, -0.1) is 0 Å². The third-order valence-electron chi connectivity index (χ3n) is 6.07. The maximum absolute atomic E-state index is 13.3. The second kappa shape index (κ2) is 14.2. The number of halogens is 1. The molecule has 1 amide bonds. The Morgan fingerprint density at radius 3 is 2.35 bits per heavy atom. The molecule has 0 fully saturated rings. The summed E-state index contributed by atoms with van der Waals surface area (Å²) >= 11 is 6.06. The van der Waals surface area contributed by atoms with Crippen molar-refractivity contribution in [3.8, 4) is 11.8 Å². The Kier molecular flexibility index (Phi) is 10.7. The van der Waals surface area contributed by atoms with E-state index < -0.39 is 0 Å². The molecule has 8 heteroatoms. The lowest BCUT2D eigenvalue weighted by Gasteiger charge is -2.11. The first-order chi connectivity index (χ1) is 17.9. The van der Waals surface area contributed by atoms with E-state index in [1.54, 1.807) is 41.1 Å². The van der Waals surface area contributed by atoms with Crippen LogP contribution in [0.2, 0.25) is 5.02 Å². The third kappa shape index (κ3) is 7.93. The van der Waals surface area contributed by atoms with Crippen LogP contribution in [0.5, 0.6) is 0 Å². The zero-order valence-corrected chi connectivity index (χ0v) is 22.3. The van der Waals surface area contributed by atoms with Gasteiger partial charge in [-0.2, -0.15) is 10.4 Å². The van der Waals surface area contributed by atoms with Crippen LogP contribution in [0.15, 0.2) is 48.5 Å². The largest absolute Gasteiger partial charge is 0.369 e. The minimum absolute atomic E-state index is 0.0615. The molecule has 3 aromatic rings. The molecule has 194 valence electrons. The zero-order chi connectivity index (χ0) is 26.6. The van der Waals surface area contributed by atoms with Gasteiger partial charge in [-0.05, 0) is 44.0 Å². The van der Waals surface area contributed by atoms with Gasteiger partial charge in [0.15, 0.2) is 5.69 Å². The van der Waals surface area contributed by atoms with Crippen LogP contribution in [-0.4, -0.2) is 34.6 Å². The predicted molar refractivity (Wildman–Crippen MR) is 147 cm³/mol. The Morgan fingerprint density at radius 1 is 0.973 bits per heavy atom. The summed E-state index contributed by atoms with van der Waals surface area (Å²) in [4.78, 5) is 25.3. The van der Waals surface area contributed by atoms with Gasteiger partial charge in [0.05, 0.1) is 5.69 Å². The highest BCUT2D eigenvalue weighted by atomic mass is 35.5. The van der Waals surface area contributed by atoms with Crippen LogP contribution in [0.25, 0.3) is 5.69 Å². The first-order valence-electron chi connectivity index (χ1n) is 12.9. The first kappa shape index (κ1) is 27.9. The number of hydrogen-bond donors (Lipinski definition) is 2. The number of aromatic nitrogens is 2. The Bertz CT molecular complexity index is 1230. The summed E-state index contributed by atoms with van der Waals surface area (Å²) in [5.41, 5.74) is 2.43. The van der Waals surface area contributed by atoms with E-state index >= 15 is 0 Å². The van der Waals surface area contributed by atoms with Crippen LogP contribution in [-0.2, 0) is 4.79 Å². The SMILES string of the molecule is CCCCCCCC(=O)NCCCNc1c(C#N)c(C(=O)c2ccc(C)cc2)nn1-c1ccc(Cl)cc1. The summed E-state index contributed by atoms with van der Waals surface area (Å²) in [6, 6.07) is 16.4. The van der Waals surface area contributed by atoms with Crippen molar-refractivity contribution >= 4 is 29.1 Å². The molecule has 3 rings (SSSR count). The fourth-order valence-electron chi connectivity index (χ4n) is 3.96. The van der Waals surface area contributed by atoms with E-state index in [1.165, 1.54) is 19.3 Å². The van der Waals surface area contributed by atoms with Gasteiger partial charge in [0.25, 0.3) is 0 Å². The Balaban J connectivity index is 1.70. The molecule has 0 atom stereocenters. The van der Waals surface area contributed by atoms with Gasteiger partial charge in [0.1, 0.15) is 17.5 Å². The van der Waals surface area contributed by atoms with E-state index in [0.29, 0.717) is 48.0 Å². The number of nitrogens with zero attached hydrogens (tertiary/aromatic N) is 3. The number of benzene rings is 2. The molecule has 0 saturated heterocycles. The molecule has 0 aliphatic carbocycles. The monoisotopic (exact) mass is 519 g/mol. The van der Waals surface area contributed by atoms with E-state index in [-0.39, 0.29) is 22.9 Å². The molecule has 1 heterocycles. The topological polar surface area (TPSA) is 99.8 Å². The van der Waals surface area contributed by atoms with Crippen molar-refractivity contribution in [1.29, 1.82) is 5.26 Å². The molecular formula is C29H34ClN5O2. The summed E-state index contributed by atoms with van der Waals surface area (Å²) in [6.45, 7) is 5.13. The van der Waals surface area contributed by atoms with Crippen molar-refractivity contribution in [2.45, 2.75) is 58.8 Å². The number of anilines is 1. The highest BCUT2D eigenvalue weighted by Crippen LogP contribution is 2.26. The molecule has 7 nitrogen and oxygen atoms in total. The Hall–Kier alpha value is -3.63. The van der Waals surface area contributed by atoms with Crippen LogP contribution in [0.3, 0.4) is 0 Å². The summed E-state index contributed by atoms with van der Waals surface area (Å²) in [7, 11) is 0. The van der Waals surface area contributed by atoms with E-state index in [1.807, 2.05) is 19.1 Å². The molecule has 2 aromatic carbocycles. The smallest absolute Gasteiger partial charge is 0.219 e. The summed E-state index contributed by atoms with van der Waals surface area (Å²) in [6.07, 6.45) is 6.76. The molecule has 37 heavy (non-hydrogen) atoms. The lowest BCUT2D eigenvalue weighted by Crippen LogP contribution is -2.25. The summed E-state index contributed by atoms with van der Waals surface area (Å²) < 4.78 is 1.56. The highest BCUT2D eigenvalue weighted by molar-refractivity contribution is 6.30. The van der Waals surface area contributed by atoms with Crippen molar-refractivity contribution < 1.29 is 9.59 Å². The quantitative estimate of drug-likeness (QED) is 0.195. The van der Waals surface area contributed by atoms with Crippen molar-refractivity contribution in [3.05, 3.63) is 75.9 Å². The number of unbranched alkanes of at least 4 members (excludes halogenated alkanes) is 4. The normalized spacial score (nSPS) is 10.6. The number of rotatable bonds is 14. The van der Waals surface area contributed by atoms with Crippen LogP contribution in [0.1, 0.15) is 79.0 Å². The van der Waals surface area contributed by atoms with E-state index in [0.717, 1.165) is 18.4 Å². The van der Waals surface area contributed by atoms with Crippen LogP contribution in [0, 0.1) is 18.3 Å². The first-order valence-corrected chi connectivity index (χ1v) is 13.2. The predicted octanol–water partition coefficient (Wildman–Crippen LogP) is 6.22. The Morgan fingerprint density at radius 2 is 1.68 bits per heavy atom. The average Bonchev–Trinajstić information content (AvgIpc) is 3.27. The number of amides is 1. The molecule has 2 N–H and O–H groups in total. The maximum Gasteiger partial charge on any atom is 0.219 e. The van der Waals surface area contributed by atoms with Gasteiger partial charge in [-0.25, -0.2) is 4.68 Å². The average molecular weight is 520 g/mol.